The van der Waals surface area contributed by atoms with Crippen molar-refractivity contribution in [3.05, 3.63) is 24.3 Å². The number of rotatable bonds is 7. The average molecular weight is 321 g/mol. The molecule has 0 bridgehead atoms. The van der Waals surface area contributed by atoms with Crippen molar-refractivity contribution in [2.45, 2.75) is 20.8 Å². The van der Waals surface area contributed by atoms with Crippen LogP contribution in [-0.2, 0) is 4.79 Å². The van der Waals surface area contributed by atoms with Gasteiger partial charge in [-0.05, 0) is 44.3 Å². The maximum atomic E-state index is 12.2. The summed E-state index contributed by atoms with van der Waals surface area (Å²) in [5, 5.41) is 0.779. The van der Waals surface area contributed by atoms with Crippen LogP contribution in [0.5, 0.6) is 5.75 Å². The molecule has 120 valence electrons. The van der Waals surface area contributed by atoms with Crippen LogP contribution < -0.4 is 9.64 Å². The molecule has 1 aliphatic rings. The zero-order chi connectivity index (χ0) is 15.9. The smallest absolute Gasteiger partial charge is 0.243 e. The molecular formula is C16H23N3O2S. The van der Waals surface area contributed by atoms with E-state index < -0.39 is 0 Å². The Balaban J connectivity index is 2.15. The van der Waals surface area contributed by atoms with Gasteiger partial charge in [0.1, 0.15) is 5.75 Å². The van der Waals surface area contributed by atoms with Crippen molar-refractivity contribution < 1.29 is 9.53 Å². The predicted octanol–water partition coefficient (Wildman–Crippen LogP) is 2.82. The largest absolute Gasteiger partial charge is 0.494 e. The van der Waals surface area contributed by atoms with Crippen molar-refractivity contribution in [2.24, 2.45) is 4.99 Å². The summed E-state index contributed by atoms with van der Waals surface area (Å²) < 4.78 is 5.44. The van der Waals surface area contributed by atoms with Crippen LogP contribution in [0, 0.1) is 0 Å². The highest BCUT2D eigenvalue weighted by Gasteiger charge is 2.29. The van der Waals surface area contributed by atoms with Crippen molar-refractivity contribution >= 4 is 28.5 Å². The van der Waals surface area contributed by atoms with Crippen LogP contribution in [-0.4, -0.2) is 48.1 Å². The van der Waals surface area contributed by atoms with Crippen LogP contribution in [0.25, 0.3) is 0 Å². The van der Waals surface area contributed by atoms with Gasteiger partial charge >= 0.3 is 0 Å². The zero-order valence-corrected chi connectivity index (χ0v) is 14.2. The van der Waals surface area contributed by atoms with E-state index in [0.717, 1.165) is 29.7 Å². The van der Waals surface area contributed by atoms with E-state index in [0.29, 0.717) is 19.0 Å². The molecule has 1 saturated heterocycles. The van der Waals surface area contributed by atoms with Crippen LogP contribution in [0.3, 0.4) is 0 Å². The molecule has 0 atom stereocenters. The summed E-state index contributed by atoms with van der Waals surface area (Å²) in [6.45, 7) is 9.34. The minimum Gasteiger partial charge on any atom is -0.494 e. The lowest BCUT2D eigenvalue weighted by molar-refractivity contribution is -0.115. The number of hydrogen-bond acceptors (Lipinski definition) is 5. The number of carbonyl (C=O) groups excluding carboxylic acids is 1. The van der Waals surface area contributed by atoms with E-state index in [1.807, 2.05) is 31.2 Å². The van der Waals surface area contributed by atoms with Gasteiger partial charge in [-0.3, -0.25) is 14.6 Å². The molecule has 0 unspecified atom stereocenters. The Hall–Kier alpha value is -1.53. The molecule has 1 amide bonds. The first-order chi connectivity index (χ1) is 10.7. The van der Waals surface area contributed by atoms with Gasteiger partial charge in [-0.2, -0.15) is 0 Å². The van der Waals surface area contributed by atoms with Crippen LogP contribution in [0.1, 0.15) is 20.8 Å². The van der Waals surface area contributed by atoms with Crippen LogP contribution >= 0.6 is 11.8 Å². The zero-order valence-electron chi connectivity index (χ0n) is 13.4. The quantitative estimate of drug-likeness (QED) is 0.775. The van der Waals surface area contributed by atoms with E-state index in [-0.39, 0.29) is 5.91 Å². The van der Waals surface area contributed by atoms with Gasteiger partial charge in [-0.25, -0.2) is 4.99 Å². The highest BCUT2D eigenvalue weighted by atomic mass is 32.2. The number of nitrogens with zero attached hydrogens (tertiary/aromatic N) is 3. The number of aliphatic imine (C=N–C) groups is 1. The van der Waals surface area contributed by atoms with Gasteiger partial charge in [0.25, 0.3) is 0 Å². The Morgan fingerprint density at radius 3 is 2.50 bits per heavy atom. The number of hydrogen-bond donors (Lipinski definition) is 0. The lowest BCUT2D eigenvalue weighted by atomic mass is 10.3. The maximum absolute atomic E-state index is 12.2. The normalized spacial score (nSPS) is 16.8. The van der Waals surface area contributed by atoms with E-state index in [4.69, 9.17) is 4.74 Å². The van der Waals surface area contributed by atoms with Crippen molar-refractivity contribution in [2.75, 3.05) is 37.0 Å². The first-order valence-electron chi connectivity index (χ1n) is 7.65. The number of amidine groups is 1. The Labute approximate surface area is 136 Å². The lowest BCUT2D eigenvalue weighted by Crippen LogP contribution is -2.31. The van der Waals surface area contributed by atoms with Crippen LogP contribution in [0.2, 0.25) is 0 Å². The molecule has 1 heterocycles. The summed E-state index contributed by atoms with van der Waals surface area (Å²) in [4.78, 5) is 20.7. The maximum Gasteiger partial charge on any atom is 0.243 e. The van der Waals surface area contributed by atoms with E-state index in [1.165, 1.54) is 11.8 Å². The van der Waals surface area contributed by atoms with Crippen molar-refractivity contribution in [1.82, 2.24) is 4.90 Å². The minimum absolute atomic E-state index is 0.0763. The average Bonchev–Trinajstić information content (AvgIpc) is 2.90. The standard InChI is InChI=1S/C16H23N3O2S/c1-4-18(5-2)12-17-16-19(15(20)11-22-16)13-7-9-14(10-8-13)21-6-3/h7-10H,4-6,11-12H2,1-3H3. The molecule has 5 nitrogen and oxygen atoms in total. The summed E-state index contributed by atoms with van der Waals surface area (Å²) in [5.41, 5.74) is 0.844. The Bertz CT molecular complexity index is 527. The second-order valence-electron chi connectivity index (χ2n) is 4.83. The minimum atomic E-state index is 0.0763. The molecule has 0 spiro atoms. The third-order valence-corrected chi connectivity index (χ3v) is 4.43. The van der Waals surface area contributed by atoms with E-state index in [2.05, 4.69) is 23.7 Å². The molecule has 0 aromatic heterocycles. The summed E-state index contributed by atoms with van der Waals surface area (Å²) in [5.74, 6) is 1.34. The molecule has 0 N–H and O–H groups in total. The fraction of sp³-hybridized carbons (Fsp3) is 0.500. The third-order valence-electron chi connectivity index (χ3n) is 3.47. The number of thioether (sulfide) groups is 1. The number of amides is 1. The second kappa shape index (κ2) is 8.19. The van der Waals surface area contributed by atoms with Gasteiger partial charge in [0, 0.05) is 0 Å². The third kappa shape index (κ3) is 4.01. The molecule has 1 fully saturated rings. The number of anilines is 1. The molecule has 1 aromatic carbocycles. The second-order valence-corrected chi connectivity index (χ2v) is 5.77. The number of ether oxygens (including phenoxy) is 1. The topological polar surface area (TPSA) is 45.1 Å². The monoisotopic (exact) mass is 321 g/mol. The fourth-order valence-corrected chi connectivity index (χ4v) is 3.04. The highest BCUT2D eigenvalue weighted by Crippen LogP contribution is 2.28. The molecule has 22 heavy (non-hydrogen) atoms. The van der Waals surface area contributed by atoms with E-state index in [9.17, 15) is 4.79 Å². The first-order valence-corrected chi connectivity index (χ1v) is 8.63. The molecule has 6 heteroatoms. The van der Waals surface area contributed by atoms with Crippen LogP contribution in [0.4, 0.5) is 5.69 Å². The molecule has 2 rings (SSSR count). The van der Waals surface area contributed by atoms with Gasteiger partial charge in [-0.1, -0.05) is 25.6 Å². The predicted molar refractivity (Wildman–Crippen MR) is 92.8 cm³/mol. The molecule has 0 saturated carbocycles. The van der Waals surface area contributed by atoms with Gasteiger partial charge in [-0.15, -0.1) is 0 Å². The van der Waals surface area contributed by atoms with Gasteiger partial charge in [0.15, 0.2) is 5.17 Å². The summed E-state index contributed by atoms with van der Waals surface area (Å²) >= 11 is 1.50. The van der Waals surface area contributed by atoms with Crippen molar-refractivity contribution in [3.63, 3.8) is 0 Å². The molecule has 0 radical (unpaired) electrons. The Morgan fingerprint density at radius 2 is 1.91 bits per heavy atom. The van der Waals surface area contributed by atoms with Crippen molar-refractivity contribution in [3.8, 4) is 5.75 Å². The Morgan fingerprint density at radius 1 is 1.23 bits per heavy atom. The SMILES string of the molecule is CCOc1ccc(N2C(=O)CSC2=NCN(CC)CC)cc1. The lowest BCUT2D eigenvalue weighted by Gasteiger charge is -2.19. The molecule has 0 aliphatic carbocycles. The number of benzene rings is 1. The van der Waals surface area contributed by atoms with Crippen LogP contribution in [0.15, 0.2) is 29.3 Å². The van der Waals surface area contributed by atoms with E-state index >= 15 is 0 Å². The summed E-state index contributed by atoms with van der Waals surface area (Å²) in [6.07, 6.45) is 0. The molecular weight excluding hydrogens is 298 g/mol. The molecule has 1 aromatic rings. The number of carbonyl (C=O) groups is 1. The van der Waals surface area contributed by atoms with E-state index in [1.54, 1.807) is 4.90 Å². The summed E-state index contributed by atoms with van der Waals surface area (Å²) in [6, 6.07) is 7.58. The Kier molecular flexibility index (Phi) is 6.27. The molecule has 1 aliphatic heterocycles. The summed E-state index contributed by atoms with van der Waals surface area (Å²) in [7, 11) is 0. The first kappa shape index (κ1) is 16.8. The fourth-order valence-electron chi connectivity index (χ4n) is 2.18. The highest BCUT2D eigenvalue weighted by molar-refractivity contribution is 8.15. The van der Waals surface area contributed by atoms with Gasteiger partial charge < -0.3 is 4.74 Å². The van der Waals surface area contributed by atoms with Crippen molar-refractivity contribution in [1.29, 1.82) is 0 Å². The van der Waals surface area contributed by atoms with Gasteiger partial charge in [0.05, 0.1) is 24.7 Å². The van der Waals surface area contributed by atoms with Gasteiger partial charge in [0.2, 0.25) is 5.91 Å².